The molecule has 0 radical (unpaired) electrons. The highest BCUT2D eigenvalue weighted by Gasteiger charge is 2.32. The Morgan fingerprint density at radius 3 is 1.97 bits per heavy atom. The number of thiol groups is 1. The monoisotopic (exact) mass is 463 g/mol. The van der Waals surface area contributed by atoms with E-state index in [2.05, 4.69) is 28.6 Å². The summed E-state index contributed by atoms with van der Waals surface area (Å²) in [6.45, 7) is 5.31. The Morgan fingerprint density at radius 2 is 1.52 bits per heavy atom. The first-order valence-electron chi connectivity index (χ1n) is 10.3. The van der Waals surface area contributed by atoms with Crippen LogP contribution in [0, 0.1) is 5.92 Å². The van der Waals surface area contributed by atoms with Gasteiger partial charge in [0.15, 0.2) is 0 Å². The van der Waals surface area contributed by atoms with Crippen LogP contribution in [0.5, 0.6) is 0 Å². The summed E-state index contributed by atoms with van der Waals surface area (Å²) in [6, 6.07) is -4.51. The largest absolute Gasteiger partial charge is 0.480 e. The zero-order valence-electron chi connectivity index (χ0n) is 18.3. The van der Waals surface area contributed by atoms with Crippen molar-refractivity contribution < 1.29 is 29.4 Å². The molecule has 0 aliphatic rings. The van der Waals surface area contributed by atoms with Crippen molar-refractivity contribution in [3.63, 3.8) is 0 Å². The molecule has 180 valence electrons. The van der Waals surface area contributed by atoms with Crippen LogP contribution < -0.4 is 27.4 Å². The number of hydrogen-bond acceptors (Lipinski definition) is 8. The average molecular weight is 464 g/mol. The van der Waals surface area contributed by atoms with Crippen molar-refractivity contribution in [3.8, 4) is 0 Å². The van der Waals surface area contributed by atoms with Gasteiger partial charge >= 0.3 is 5.97 Å². The first-order valence-corrected chi connectivity index (χ1v) is 11.0. The molecule has 0 saturated heterocycles. The van der Waals surface area contributed by atoms with Gasteiger partial charge in [-0.15, -0.1) is 0 Å². The van der Waals surface area contributed by atoms with E-state index >= 15 is 0 Å². The fourth-order valence-electron chi connectivity index (χ4n) is 2.74. The van der Waals surface area contributed by atoms with Crippen molar-refractivity contribution >= 4 is 36.3 Å². The lowest BCUT2D eigenvalue weighted by atomic mass is 10.0. The minimum absolute atomic E-state index is 0.000770. The Labute approximate surface area is 188 Å². The highest BCUT2D eigenvalue weighted by molar-refractivity contribution is 7.80. The van der Waals surface area contributed by atoms with E-state index in [4.69, 9.17) is 11.5 Å². The van der Waals surface area contributed by atoms with E-state index in [-0.39, 0.29) is 24.5 Å². The molecule has 31 heavy (non-hydrogen) atoms. The third kappa shape index (κ3) is 11.3. The fourth-order valence-corrected chi connectivity index (χ4v) is 2.90. The number of unbranched alkanes of at least 4 members (excludes halogenated alkanes) is 1. The highest BCUT2D eigenvalue weighted by Crippen LogP contribution is 2.07. The zero-order chi connectivity index (χ0) is 24.1. The van der Waals surface area contributed by atoms with Crippen LogP contribution in [0.1, 0.15) is 46.5 Å². The fraction of sp³-hybridized carbons (Fsp3) is 0.789. The van der Waals surface area contributed by atoms with Gasteiger partial charge < -0.3 is 37.6 Å². The molecule has 5 atom stereocenters. The van der Waals surface area contributed by atoms with Gasteiger partial charge in [0.2, 0.25) is 17.7 Å². The number of rotatable bonds is 15. The topological polar surface area (TPSA) is 197 Å². The number of nitrogens with two attached hydrogens (primary N) is 2. The summed E-state index contributed by atoms with van der Waals surface area (Å²) in [7, 11) is 0. The van der Waals surface area contributed by atoms with Crippen molar-refractivity contribution in [2.75, 3.05) is 12.3 Å². The second kappa shape index (κ2) is 15.0. The van der Waals surface area contributed by atoms with E-state index in [1.54, 1.807) is 13.8 Å². The van der Waals surface area contributed by atoms with Crippen LogP contribution in [0.4, 0.5) is 0 Å². The second-order valence-corrected chi connectivity index (χ2v) is 8.26. The van der Waals surface area contributed by atoms with Crippen LogP contribution in [0.3, 0.4) is 0 Å². The number of aliphatic carboxylic acids is 1. The van der Waals surface area contributed by atoms with Crippen LogP contribution in [0.2, 0.25) is 0 Å². The highest BCUT2D eigenvalue weighted by atomic mass is 32.1. The van der Waals surface area contributed by atoms with Crippen molar-refractivity contribution in [1.82, 2.24) is 16.0 Å². The molecule has 0 saturated carbocycles. The van der Waals surface area contributed by atoms with E-state index in [9.17, 15) is 29.4 Å². The Morgan fingerprint density at radius 1 is 0.935 bits per heavy atom. The van der Waals surface area contributed by atoms with Gasteiger partial charge in [-0.25, -0.2) is 4.79 Å². The first kappa shape index (κ1) is 29.1. The molecule has 11 nitrogen and oxygen atoms in total. The number of carbonyl (C=O) groups excluding carboxylic acids is 3. The van der Waals surface area contributed by atoms with Gasteiger partial charge in [0.1, 0.15) is 18.1 Å². The Hall–Kier alpha value is -1.89. The number of aliphatic hydroxyl groups is 1. The summed E-state index contributed by atoms with van der Waals surface area (Å²) < 4.78 is 0. The van der Waals surface area contributed by atoms with E-state index in [1.165, 1.54) is 6.92 Å². The van der Waals surface area contributed by atoms with E-state index in [0.29, 0.717) is 19.4 Å². The van der Waals surface area contributed by atoms with E-state index < -0.39 is 54.0 Å². The maximum absolute atomic E-state index is 12.8. The van der Waals surface area contributed by atoms with Crippen LogP contribution in [-0.2, 0) is 19.2 Å². The molecule has 0 aromatic rings. The molecule has 0 heterocycles. The maximum Gasteiger partial charge on any atom is 0.326 e. The third-order valence-electron chi connectivity index (χ3n) is 4.50. The summed E-state index contributed by atoms with van der Waals surface area (Å²) in [5.41, 5.74) is 11.1. The molecule has 3 amide bonds. The molecule has 5 unspecified atom stereocenters. The minimum Gasteiger partial charge on any atom is -0.480 e. The summed E-state index contributed by atoms with van der Waals surface area (Å²) in [6.07, 6.45) is 0.270. The van der Waals surface area contributed by atoms with Crippen molar-refractivity contribution in [2.45, 2.75) is 76.7 Å². The molecular formula is C19H37N5O6S. The molecule has 0 aliphatic heterocycles. The van der Waals surface area contributed by atoms with Crippen LogP contribution in [-0.4, -0.2) is 76.5 Å². The van der Waals surface area contributed by atoms with Gasteiger partial charge in [0, 0.05) is 5.75 Å². The molecule has 0 rings (SSSR count). The Bertz CT molecular complexity index is 604. The molecule has 0 aromatic carbocycles. The van der Waals surface area contributed by atoms with Crippen molar-refractivity contribution in [3.05, 3.63) is 0 Å². The molecule has 0 fully saturated rings. The molecule has 0 aromatic heterocycles. The molecule has 0 aliphatic carbocycles. The predicted molar refractivity (Wildman–Crippen MR) is 119 cm³/mol. The normalized spacial score (nSPS) is 16.0. The van der Waals surface area contributed by atoms with Crippen molar-refractivity contribution in [2.24, 2.45) is 17.4 Å². The number of amides is 3. The summed E-state index contributed by atoms with van der Waals surface area (Å²) in [4.78, 5) is 48.9. The van der Waals surface area contributed by atoms with Crippen LogP contribution >= 0.6 is 12.6 Å². The molecule has 9 N–H and O–H groups in total. The summed E-state index contributed by atoms with van der Waals surface area (Å²) in [5, 5.41) is 26.6. The van der Waals surface area contributed by atoms with Crippen LogP contribution in [0.25, 0.3) is 0 Å². The second-order valence-electron chi connectivity index (χ2n) is 7.89. The smallest absolute Gasteiger partial charge is 0.326 e. The molecule has 12 heteroatoms. The SMILES string of the molecule is CC(C)CC(NC(=O)C(NC(=O)C(CCCCN)NC(=O)C(N)CS)C(C)O)C(=O)O. The predicted octanol–water partition coefficient (Wildman–Crippen LogP) is -1.66. The lowest BCUT2D eigenvalue weighted by molar-refractivity contribution is -0.143. The van der Waals surface area contributed by atoms with Gasteiger partial charge in [0.05, 0.1) is 12.1 Å². The standard InChI is InChI=1S/C19H37N5O6S/c1-10(2)8-14(19(29)30)23-18(28)15(11(3)25)24-17(27)13(6-4-5-7-20)22-16(26)12(21)9-31/h10-15,25,31H,4-9,20-21H2,1-3H3,(H,22,26)(H,23,28)(H,24,27)(H,29,30). The molecule has 0 spiro atoms. The number of aliphatic hydroxyl groups excluding tert-OH is 1. The van der Waals surface area contributed by atoms with Gasteiger partial charge in [-0.05, 0) is 45.1 Å². The van der Waals surface area contributed by atoms with E-state index in [1.807, 2.05) is 0 Å². The Balaban J connectivity index is 5.36. The van der Waals surface area contributed by atoms with Gasteiger partial charge in [0.25, 0.3) is 0 Å². The number of hydrogen-bond donors (Lipinski definition) is 8. The summed E-state index contributed by atoms with van der Waals surface area (Å²) >= 11 is 3.96. The molecular weight excluding hydrogens is 426 g/mol. The van der Waals surface area contributed by atoms with Gasteiger partial charge in [-0.3, -0.25) is 14.4 Å². The van der Waals surface area contributed by atoms with Gasteiger partial charge in [-0.2, -0.15) is 12.6 Å². The lowest BCUT2D eigenvalue weighted by Gasteiger charge is -2.26. The third-order valence-corrected chi connectivity index (χ3v) is 4.89. The number of carbonyl (C=O) groups is 4. The number of carboxylic acid groups (broad SMARTS) is 1. The number of nitrogens with one attached hydrogen (secondary N) is 3. The quantitative estimate of drug-likeness (QED) is 0.104. The lowest BCUT2D eigenvalue weighted by Crippen LogP contribution is -2.60. The summed E-state index contributed by atoms with van der Waals surface area (Å²) in [5.74, 6) is -3.26. The van der Waals surface area contributed by atoms with E-state index in [0.717, 1.165) is 0 Å². The van der Waals surface area contributed by atoms with Crippen molar-refractivity contribution in [1.29, 1.82) is 0 Å². The first-order chi connectivity index (χ1) is 14.4. The maximum atomic E-state index is 12.8. The van der Waals surface area contributed by atoms with Crippen LogP contribution in [0.15, 0.2) is 0 Å². The Kier molecular flexibility index (Phi) is 14.1. The zero-order valence-corrected chi connectivity index (χ0v) is 19.2. The average Bonchev–Trinajstić information content (AvgIpc) is 2.68. The minimum atomic E-state index is -1.41. The van der Waals surface area contributed by atoms with Gasteiger partial charge in [-0.1, -0.05) is 13.8 Å². The number of carboxylic acids is 1. The molecule has 0 bridgehead atoms.